The van der Waals surface area contributed by atoms with Crippen LogP contribution in [0.1, 0.15) is 56.8 Å². The fraction of sp³-hybridized carbons (Fsp3) is 0.150. The van der Waals surface area contributed by atoms with E-state index in [9.17, 15) is 24.6 Å². The lowest BCUT2D eigenvalue weighted by Gasteiger charge is -2.25. The number of hydrogen-bond acceptors (Lipinski definition) is 9. The van der Waals surface area contributed by atoms with E-state index in [0.29, 0.717) is 45.5 Å². The molecule has 0 saturated carbocycles. The highest BCUT2D eigenvalue weighted by atomic mass is 32.2. The molecule has 9 nitrogen and oxygen atoms in total. The normalized spacial score (nSPS) is 12.0. The molecule has 11 heteroatoms. The number of carboxylic acid groups (broad SMARTS) is 2. The molecule has 0 bridgehead atoms. The van der Waals surface area contributed by atoms with Crippen molar-refractivity contribution in [3.8, 4) is 22.6 Å². The smallest absolute Gasteiger partial charge is 0.336 e. The van der Waals surface area contributed by atoms with Crippen molar-refractivity contribution in [2.75, 3.05) is 38.0 Å². The molecule has 0 aliphatic carbocycles. The number of benzene rings is 8. The quantitative estimate of drug-likeness (QED) is 0.0656. The van der Waals surface area contributed by atoms with Crippen molar-refractivity contribution in [2.24, 2.45) is 5.92 Å². The number of hydrogen-bond donors (Lipinski definition) is 3. The number of carbonyl (C=O) groups is 2. The van der Waals surface area contributed by atoms with E-state index in [-0.39, 0.29) is 16.6 Å². The molecule has 2 N–H and O–H groups in total. The number of thiol groups is 1. The predicted molar refractivity (Wildman–Crippen MR) is 297 cm³/mol. The van der Waals surface area contributed by atoms with Crippen LogP contribution in [0.3, 0.4) is 0 Å². The molecule has 0 saturated heterocycles. The number of carboxylic acids is 2. The van der Waals surface area contributed by atoms with Gasteiger partial charge in [0.05, 0.1) is 11.1 Å². The van der Waals surface area contributed by atoms with Crippen LogP contribution in [-0.2, 0) is 11.5 Å². The summed E-state index contributed by atoms with van der Waals surface area (Å²) < 4.78 is 13.0. The first-order chi connectivity index (χ1) is 34.1. The van der Waals surface area contributed by atoms with Gasteiger partial charge in [-0.3, -0.25) is 4.79 Å². The molecular weight excluding hydrogens is 925 g/mol. The first-order valence-corrected chi connectivity index (χ1v) is 24.8. The number of rotatable bonds is 11. The Kier molecular flexibility index (Phi) is 13.6. The first kappa shape index (κ1) is 48.3. The Labute approximate surface area is 421 Å². The molecule has 0 atom stereocenters. The van der Waals surface area contributed by atoms with Crippen molar-refractivity contribution in [3.05, 3.63) is 199 Å². The van der Waals surface area contributed by atoms with Gasteiger partial charge in [0.2, 0.25) is 0 Å². The zero-order chi connectivity index (χ0) is 50.2. The number of anilines is 2. The van der Waals surface area contributed by atoms with Crippen molar-refractivity contribution < 1.29 is 29.0 Å². The largest absolute Gasteiger partial charge is 0.478 e. The summed E-state index contributed by atoms with van der Waals surface area (Å²) in [5, 5.41) is 29.4. The molecule has 9 aromatic rings. The Morgan fingerprint density at radius 1 is 0.676 bits per heavy atom. The van der Waals surface area contributed by atoms with Gasteiger partial charge >= 0.3 is 11.9 Å². The van der Waals surface area contributed by atoms with E-state index in [4.69, 9.17) is 9.15 Å². The van der Waals surface area contributed by atoms with Crippen LogP contribution < -0.4 is 30.4 Å². The van der Waals surface area contributed by atoms with E-state index in [0.717, 1.165) is 87.7 Å². The molecule has 71 heavy (non-hydrogen) atoms. The Bertz CT molecular complexity index is 3840. The minimum atomic E-state index is -1.00. The highest BCUT2D eigenvalue weighted by molar-refractivity contribution is 8.01. The Morgan fingerprint density at radius 2 is 1.30 bits per heavy atom. The van der Waals surface area contributed by atoms with E-state index < -0.39 is 11.9 Å². The van der Waals surface area contributed by atoms with Gasteiger partial charge in [0.1, 0.15) is 22.7 Å². The van der Waals surface area contributed by atoms with Crippen LogP contribution in [-0.4, -0.2) is 50.3 Å². The van der Waals surface area contributed by atoms with Crippen LogP contribution in [0.4, 0.5) is 11.4 Å². The van der Waals surface area contributed by atoms with E-state index >= 15 is 0 Å². The first-order valence-electron chi connectivity index (χ1n) is 23.1. The molecule has 0 spiro atoms. The van der Waals surface area contributed by atoms with Crippen LogP contribution >= 0.6 is 24.4 Å². The van der Waals surface area contributed by atoms with Crippen LogP contribution in [0, 0.1) is 5.92 Å². The SMILES string of the molecule is C=c1ccc2c3c(ccc2c1)=C(c1ccc(CS/C=C/C(C)C)cc1C(=O)O)c1ccc(N(C)C)cc1O3.CN(C)c1ccc2c(-c3ccc(CS)cc3C(=O)O)c3ccc4cc(=O)ccc4c3oc2c1. The van der Waals surface area contributed by atoms with Crippen LogP contribution in [0.5, 0.6) is 11.5 Å². The summed E-state index contributed by atoms with van der Waals surface area (Å²) in [6, 6.07) is 41.9. The van der Waals surface area contributed by atoms with Crippen LogP contribution in [0.25, 0.3) is 66.8 Å². The third-order valence-corrected chi connectivity index (χ3v) is 13.8. The summed E-state index contributed by atoms with van der Waals surface area (Å²) in [7, 11) is 7.88. The van der Waals surface area contributed by atoms with Crippen LogP contribution in [0.15, 0.2) is 154 Å². The molecule has 0 radical (unpaired) electrons. The summed E-state index contributed by atoms with van der Waals surface area (Å²) in [5.74, 6) is 1.13. The fourth-order valence-electron chi connectivity index (χ4n) is 9.01. The van der Waals surface area contributed by atoms with Gasteiger partial charge in [-0.05, 0) is 122 Å². The molecule has 1 aliphatic heterocycles. The highest BCUT2D eigenvalue weighted by Gasteiger charge is 2.26. The average Bonchev–Trinajstić information content (AvgIpc) is 3.35. The summed E-state index contributed by atoms with van der Waals surface area (Å²) in [6.07, 6.45) is 2.15. The number of allylic oxidation sites excluding steroid dienone is 1. The molecule has 0 unspecified atom stereocenters. The molecule has 8 aromatic carbocycles. The number of fused-ring (bicyclic) bond motifs is 8. The average molecular weight is 977 g/mol. The van der Waals surface area contributed by atoms with Crippen molar-refractivity contribution in [1.29, 1.82) is 0 Å². The number of nitrogens with zero attached hydrogens (tertiary/aromatic N) is 2. The van der Waals surface area contributed by atoms with Gasteiger partial charge in [-0.1, -0.05) is 75.0 Å². The minimum absolute atomic E-state index is 0.0757. The maximum Gasteiger partial charge on any atom is 0.336 e. The molecular formula is C60H52N2O7S2. The molecule has 0 amide bonds. The van der Waals surface area contributed by atoms with Gasteiger partial charge in [-0.2, -0.15) is 12.6 Å². The van der Waals surface area contributed by atoms with Gasteiger partial charge < -0.3 is 29.2 Å². The van der Waals surface area contributed by atoms with Gasteiger partial charge in [0.15, 0.2) is 5.43 Å². The number of aromatic carboxylic acids is 2. The zero-order valence-electron chi connectivity index (χ0n) is 40.2. The summed E-state index contributed by atoms with van der Waals surface area (Å²) in [5.41, 5.74) is 9.25. The Balaban J connectivity index is 0.000000177. The van der Waals surface area contributed by atoms with E-state index in [1.54, 1.807) is 36.0 Å². The number of ether oxygens (including phenoxy) is 1. The molecule has 0 fully saturated rings. The monoisotopic (exact) mass is 976 g/mol. The second-order valence-electron chi connectivity index (χ2n) is 18.3. The lowest BCUT2D eigenvalue weighted by Crippen LogP contribution is -2.20. The van der Waals surface area contributed by atoms with Gasteiger partial charge in [0, 0.05) is 107 Å². The van der Waals surface area contributed by atoms with Gasteiger partial charge in [0.25, 0.3) is 0 Å². The van der Waals surface area contributed by atoms with Crippen molar-refractivity contribution in [1.82, 2.24) is 0 Å². The third-order valence-electron chi connectivity index (χ3n) is 12.6. The van der Waals surface area contributed by atoms with Gasteiger partial charge in [-0.25, -0.2) is 9.59 Å². The Morgan fingerprint density at radius 3 is 2.03 bits per heavy atom. The summed E-state index contributed by atoms with van der Waals surface area (Å²) in [4.78, 5) is 40.7. The third kappa shape index (κ3) is 9.63. The number of thioether (sulfide) groups is 1. The van der Waals surface area contributed by atoms with E-state index in [1.165, 1.54) is 6.07 Å². The molecule has 10 rings (SSSR count). The van der Waals surface area contributed by atoms with Gasteiger partial charge in [-0.15, -0.1) is 11.8 Å². The fourth-order valence-corrected chi connectivity index (χ4v) is 10.1. The molecule has 1 aliphatic rings. The summed E-state index contributed by atoms with van der Waals surface area (Å²) >= 11 is 5.98. The van der Waals surface area contributed by atoms with Crippen molar-refractivity contribution in [3.63, 3.8) is 0 Å². The second-order valence-corrected chi connectivity index (χ2v) is 19.5. The minimum Gasteiger partial charge on any atom is -0.478 e. The van der Waals surface area contributed by atoms with Crippen molar-refractivity contribution in [2.45, 2.75) is 25.4 Å². The maximum atomic E-state index is 12.6. The Hall–Kier alpha value is -7.73. The lowest BCUT2D eigenvalue weighted by molar-refractivity contribution is 0.0686. The molecule has 356 valence electrons. The summed E-state index contributed by atoms with van der Waals surface area (Å²) in [6.45, 7) is 8.34. The second kappa shape index (κ2) is 19.9. The standard InChI is InChI=1S/C33H31NO3S.C27H21NO4S/c1-20(2)14-15-38-19-22-7-11-26(29(17-22)33(35)36)31-27-13-9-24(34(4)5)18-30(27)37-32-25-10-6-21(3)16-23(25)8-12-28(31)32;1-28(2)17-5-9-21-24(13-17)32-26-19-10-6-18(29)12-16(19)4-8-22(26)25(21)20-7-3-15(14-33)11-23(20)27(30)31/h6-18,20H,3,19H2,1-2,4-5H3,(H,35,36);3-13,33H,14H2,1-2H3,(H,30,31)/b15-14+;. The lowest BCUT2D eigenvalue weighted by atomic mass is 9.88. The highest BCUT2D eigenvalue weighted by Crippen LogP contribution is 2.43. The van der Waals surface area contributed by atoms with E-state index in [2.05, 4.69) is 50.6 Å². The topological polar surface area (TPSA) is 121 Å². The maximum absolute atomic E-state index is 12.6. The van der Waals surface area contributed by atoms with Crippen LogP contribution in [0.2, 0.25) is 0 Å². The van der Waals surface area contributed by atoms with E-state index in [1.807, 2.05) is 135 Å². The van der Waals surface area contributed by atoms with Crippen molar-refractivity contribution >= 4 is 103 Å². The zero-order valence-corrected chi connectivity index (χ0v) is 42.0. The molecule has 1 aromatic heterocycles. The molecule has 2 heterocycles. The predicted octanol–water partition coefficient (Wildman–Crippen LogP) is 12.7.